The van der Waals surface area contributed by atoms with Crippen molar-refractivity contribution in [2.75, 3.05) is 13.7 Å². The Hall–Kier alpha value is -2.03. The Morgan fingerprint density at radius 2 is 1.68 bits per heavy atom. The van der Waals surface area contributed by atoms with Crippen LogP contribution in [0.25, 0.3) is 0 Å². The lowest BCUT2D eigenvalue weighted by atomic mass is 9.76. The largest absolute Gasteiger partial charge is 0.497 e. The van der Waals surface area contributed by atoms with Gasteiger partial charge in [0.15, 0.2) is 0 Å². The van der Waals surface area contributed by atoms with E-state index in [4.69, 9.17) is 18.8 Å². The van der Waals surface area contributed by atoms with E-state index >= 15 is 0 Å². The van der Waals surface area contributed by atoms with Crippen LogP contribution in [-0.4, -0.2) is 33.0 Å². The summed E-state index contributed by atoms with van der Waals surface area (Å²) in [5.74, 6) is 0.762. The molecule has 2 aromatic rings. The van der Waals surface area contributed by atoms with Gasteiger partial charge < -0.3 is 18.8 Å². The maximum absolute atomic E-state index is 12.7. The second-order valence-electron chi connectivity index (χ2n) is 6.97. The second kappa shape index (κ2) is 7.77. The lowest BCUT2D eigenvalue weighted by Crippen LogP contribution is -2.54. The van der Waals surface area contributed by atoms with Crippen molar-refractivity contribution >= 4 is 12.6 Å². The molecule has 0 saturated carbocycles. The highest BCUT2D eigenvalue weighted by Gasteiger charge is 2.41. The fourth-order valence-electron chi connectivity index (χ4n) is 3.62. The molecular formula is C20H20BF3O4. The zero-order valence-corrected chi connectivity index (χ0v) is 15.3. The van der Waals surface area contributed by atoms with Gasteiger partial charge in [0, 0.05) is 0 Å². The van der Waals surface area contributed by atoms with Gasteiger partial charge in [0.1, 0.15) is 11.9 Å². The van der Waals surface area contributed by atoms with Crippen LogP contribution in [0.5, 0.6) is 5.75 Å². The molecule has 148 valence electrons. The van der Waals surface area contributed by atoms with Crippen LogP contribution in [0.1, 0.15) is 30.1 Å². The van der Waals surface area contributed by atoms with E-state index in [0.29, 0.717) is 13.0 Å². The van der Waals surface area contributed by atoms with Crippen molar-refractivity contribution < 1.29 is 32.0 Å². The maximum atomic E-state index is 12.7. The van der Waals surface area contributed by atoms with Crippen LogP contribution in [0.4, 0.5) is 13.2 Å². The van der Waals surface area contributed by atoms with Gasteiger partial charge in [-0.25, -0.2) is 0 Å². The minimum Gasteiger partial charge on any atom is -0.497 e. The number of fused-ring (bicyclic) bond motifs is 1. The van der Waals surface area contributed by atoms with Gasteiger partial charge in [-0.3, -0.25) is 0 Å². The fraction of sp³-hybridized carbons (Fsp3) is 0.400. The molecule has 2 aliphatic heterocycles. The molecule has 28 heavy (non-hydrogen) atoms. The molecule has 3 atom stereocenters. The first-order chi connectivity index (χ1) is 13.4. The Balaban J connectivity index is 1.38. The van der Waals surface area contributed by atoms with Gasteiger partial charge in [0.05, 0.1) is 31.5 Å². The summed E-state index contributed by atoms with van der Waals surface area (Å²) < 4.78 is 61.3. The second-order valence-corrected chi connectivity index (χ2v) is 6.97. The minimum absolute atomic E-state index is 0.105. The average molecular weight is 392 g/mol. The Kier molecular flexibility index (Phi) is 5.36. The predicted octanol–water partition coefficient (Wildman–Crippen LogP) is 3.74. The summed E-state index contributed by atoms with van der Waals surface area (Å²) in [6, 6.07) is 12.7. The molecule has 0 amide bonds. The number of alkyl halides is 3. The van der Waals surface area contributed by atoms with E-state index in [2.05, 4.69) is 0 Å². The molecule has 8 heteroatoms. The van der Waals surface area contributed by atoms with Gasteiger partial charge in [-0.15, -0.1) is 0 Å². The fourth-order valence-corrected chi connectivity index (χ4v) is 3.62. The molecule has 0 aromatic heterocycles. The van der Waals surface area contributed by atoms with Crippen LogP contribution >= 0.6 is 0 Å². The van der Waals surface area contributed by atoms with Crippen LogP contribution in [0.2, 0.25) is 0 Å². The molecule has 0 unspecified atom stereocenters. The standard InChI is InChI=1S/C20H20BF3O4/c1-25-16-8-6-15(7-9-16)21-26-12-19-18(28-21)11-10-17(27-19)13-2-4-14(5-3-13)20(22,23)24/h2-9,17-19H,10-12H2,1H3/t17-,18+,19-/m1/s1. The molecule has 4 nitrogen and oxygen atoms in total. The van der Waals surface area contributed by atoms with Gasteiger partial charge >= 0.3 is 13.3 Å². The van der Waals surface area contributed by atoms with Crippen LogP contribution in [0.3, 0.4) is 0 Å². The first-order valence-electron chi connectivity index (χ1n) is 9.17. The van der Waals surface area contributed by atoms with E-state index in [1.165, 1.54) is 12.1 Å². The van der Waals surface area contributed by atoms with Crippen molar-refractivity contribution in [2.24, 2.45) is 0 Å². The van der Waals surface area contributed by atoms with Crippen LogP contribution in [-0.2, 0) is 20.2 Å². The summed E-state index contributed by atoms with van der Waals surface area (Å²) in [6.07, 6.45) is -3.50. The molecule has 0 bridgehead atoms. The first-order valence-corrected chi connectivity index (χ1v) is 9.17. The third-order valence-corrected chi connectivity index (χ3v) is 5.18. The summed E-state index contributed by atoms with van der Waals surface area (Å²) in [5, 5.41) is 0. The van der Waals surface area contributed by atoms with Gasteiger partial charge in [0.25, 0.3) is 0 Å². The van der Waals surface area contributed by atoms with Crippen molar-refractivity contribution in [1.29, 1.82) is 0 Å². The predicted molar refractivity (Wildman–Crippen MR) is 97.5 cm³/mol. The highest BCUT2D eigenvalue weighted by atomic mass is 19.4. The Labute approximate surface area is 161 Å². The third-order valence-electron chi connectivity index (χ3n) is 5.18. The monoisotopic (exact) mass is 392 g/mol. The summed E-state index contributed by atoms with van der Waals surface area (Å²) in [7, 11) is 1.15. The minimum atomic E-state index is -4.33. The highest BCUT2D eigenvalue weighted by molar-refractivity contribution is 6.61. The van der Waals surface area contributed by atoms with Gasteiger partial charge in [-0.2, -0.15) is 13.2 Å². The van der Waals surface area contributed by atoms with Crippen molar-refractivity contribution in [1.82, 2.24) is 0 Å². The highest BCUT2D eigenvalue weighted by Crippen LogP contribution is 2.36. The number of ether oxygens (including phenoxy) is 2. The van der Waals surface area contributed by atoms with Crippen molar-refractivity contribution in [3.63, 3.8) is 0 Å². The van der Waals surface area contributed by atoms with Gasteiger partial charge in [-0.05, 0) is 48.1 Å². The summed E-state index contributed by atoms with van der Waals surface area (Å²) in [4.78, 5) is 0. The van der Waals surface area contributed by atoms with E-state index in [-0.39, 0.29) is 18.3 Å². The van der Waals surface area contributed by atoms with Gasteiger partial charge in [-0.1, -0.05) is 24.3 Å². The van der Waals surface area contributed by atoms with E-state index in [1.54, 1.807) is 7.11 Å². The van der Waals surface area contributed by atoms with Gasteiger partial charge in [0.2, 0.25) is 0 Å². The summed E-state index contributed by atoms with van der Waals surface area (Å²) in [6.45, 7) is 0.374. The summed E-state index contributed by atoms with van der Waals surface area (Å²) in [5.41, 5.74) is 0.990. The van der Waals surface area contributed by atoms with Crippen LogP contribution in [0.15, 0.2) is 48.5 Å². The number of hydrogen-bond acceptors (Lipinski definition) is 4. The Morgan fingerprint density at radius 3 is 2.32 bits per heavy atom. The summed E-state index contributed by atoms with van der Waals surface area (Å²) >= 11 is 0. The number of hydrogen-bond donors (Lipinski definition) is 0. The van der Waals surface area contributed by atoms with E-state index in [1.807, 2.05) is 24.3 Å². The third kappa shape index (κ3) is 4.04. The number of rotatable bonds is 3. The molecule has 0 aliphatic carbocycles. The molecule has 0 spiro atoms. The smallest absolute Gasteiger partial charge is 0.494 e. The Bertz CT molecular complexity index is 795. The molecule has 2 heterocycles. The Morgan fingerprint density at radius 1 is 0.964 bits per heavy atom. The van der Waals surface area contributed by atoms with Crippen molar-refractivity contribution in [2.45, 2.75) is 37.3 Å². The zero-order chi connectivity index (χ0) is 19.7. The molecular weight excluding hydrogens is 372 g/mol. The lowest BCUT2D eigenvalue weighted by Gasteiger charge is -2.41. The number of halogens is 3. The van der Waals surface area contributed by atoms with E-state index < -0.39 is 18.9 Å². The molecule has 0 radical (unpaired) electrons. The maximum Gasteiger partial charge on any atom is 0.494 e. The van der Waals surface area contributed by atoms with Crippen LogP contribution < -0.4 is 10.2 Å². The molecule has 2 saturated heterocycles. The van der Waals surface area contributed by atoms with Crippen molar-refractivity contribution in [3.8, 4) is 5.75 Å². The average Bonchev–Trinajstić information content (AvgIpc) is 2.72. The number of benzene rings is 2. The van der Waals surface area contributed by atoms with E-state index in [0.717, 1.165) is 35.3 Å². The quantitative estimate of drug-likeness (QED) is 0.746. The molecule has 0 N–H and O–H groups in total. The topological polar surface area (TPSA) is 36.9 Å². The van der Waals surface area contributed by atoms with E-state index in [9.17, 15) is 13.2 Å². The van der Waals surface area contributed by atoms with Crippen molar-refractivity contribution in [3.05, 3.63) is 59.7 Å². The molecule has 4 rings (SSSR count). The normalized spacial score (nSPS) is 25.3. The molecule has 2 aliphatic rings. The molecule has 2 aromatic carbocycles. The van der Waals surface area contributed by atoms with Crippen LogP contribution in [0, 0.1) is 0 Å². The molecule has 2 fully saturated rings. The lowest BCUT2D eigenvalue weighted by molar-refractivity contribution is -0.150. The number of methoxy groups -OCH3 is 1. The zero-order valence-electron chi connectivity index (χ0n) is 15.3. The first kappa shape index (κ1) is 19.3. The SMILES string of the molecule is COc1ccc(B2OC[C@H]3O[C@@H](c4ccc(C(F)(F)F)cc4)CC[C@@H]3O2)cc1.